The fourth-order valence-corrected chi connectivity index (χ4v) is 3.49. The van der Waals surface area contributed by atoms with Gasteiger partial charge in [-0.25, -0.2) is 9.37 Å². The van der Waals surface area contributed by atoms with Crippen LogP contribution in [0.3, 0.4) is 0 Å². The molecule has 0 fully saturated rings. The molecule has 1 amide bonds. The van der Waals surface area contributed by atoms with Crippen molar-refractivity contribution in [1.82, 2.24) is 10.3 Å². The molecule has 4 nitrogen and oxygen atoms in total. The maximum Gasteiger partial charge on any atom is 0.251 e. The van der Waals surface area contributed by atoms with Gasteiger partial charge in [-0.3, -0.25) is 4.79 Å². The van der Waals surface area contributed by atoms with E-state index in [0.717, 1.165) is 21.3 Å². The van der Waals surface area contributed by atoms with Gasteiger partial charge in [0.15, 0.2) is 0 Å². The minimum Gasteiger partial charge on any atom is -0.489 e. The predicted molar refractivity (Wildman–Crippen MR) is 108 cm³/mol. The summed E-state index contributed by atoms with van der Waals surface area (Å²) in [5.74, 6) is 0.290. The molecule has 0 aliphatic heterocycles. The summed E-state index contributed by atoms with van der Waals surface area (Å²) in [6.45, 7) is 0.720. The largest absolute Gasteiger partial charge is 0.489 e. The lowest BCUT2D eigenvalue weighted by Crippen LogP contribution is -2.22. The highest BCUT2D eigenvalue weighted by atomic mass is 32.1. The fraction of sp³-hybridized carbons (Fsp3) is 0.0909. The molecule has 0 unspecified atom stereocenters. The highest BCUT2D eigenvalue weighted by molar-refractivity contribution is 7.16. The van der Waals surface area contributed by atoms with Crippen molar-refractivity contribution in [2.45, 2.75) is 13.2 Å². The maximum absolute atomic E-state index is 13.2. The SMILES string of the molecule is O=C(NCc1ccc(OCc2cccc(F)c2)cc1)c1ccc2ncsc2c1. The quantitative estimate of drug-likeness (QED) is 0.505. The van der Waals surface area contributed by atoms with Crippen molar-refractivity contribution >= 4 is 27.5 Å². The molecule has 28 heavy (non-hydrogen) atoms. The number of hydrogen-bond donors (Lipinski definition) is 1. The zero-order valence-corrected chi connectivity index (χ0v) is 15.7. The Balaban J connectivity index is 1.32. The normalized spacial score (nSPS) is 10.8. The maximum atomic E-state index is 13.2. The van der Waals surface area contributed by atoms with Crippen molar-refractivity contribution in [3.05, 3.63) is 94.7 Å². The van der Waals surface area contributed by atoms with Crippen molar-refractivity contribution in [3.63, 3.8) is 0 Å². The second-order valence-electron chi connectivity index (χ2n) is 6.28. The molecule has 6 heteroatoms. The number of amides is 1. The van der Waals surface area contributed by atoms with Gasteiger partial charge in [0.2, 0.25) is 0 Å². The van der Waals surface area contributed by atoms with Gasteiger partial charge in [0.25, 0.3) is 5.91 Å². The van der Waals surface area contributed by atoms with E-state index in [-0.39, 0.29) is 11.7 Å². The Labute approximate surface area is 165 Å². The molecule has 140 valence electrons. The molecule has 0 radical (unpaired) electrons. The molecular formula is C22H17FN2O2S. The molecule has 0 atom stereocenters. The number of benzene rings is 3. The third kappa shape index (κ3) is 4.35. The molecule has 0 saturated heterocycles. The molecule has 0 aliphatic rings. The number of halogens is 1. The number of nitrogens with zero attached hydrogens (tertiary/aromatic N) is 1. The average molecular weight is 392 g/mol. The minimum atomic E-state index is -0.276. The van der Waals surface area contributed by atoms with E-state index >= 15 is 0 Å². The number of fused-ring (bicyclic) bond motifs is 1. The summed E-state index contributed by atoms with van der Waals surface area (Å²) < 4.78 is 19.9. The molecule has 1 heterocycles. The van der Waals surface area contributed by atoms with Crippen LogP contribution in [-0.4, -0.2) is 10.9 Å². The number of carbonyl (C=O) groups is 1. The molecule has 1 aromatic heterocycles. The van der Waals surface area contributed by atoms with Crippen LogP contribution in [0.2, 0.25) is 0 Å². The summed E-state index contributed by atoms with van der Waals surface area (Å²) >= 11 is 1.51. The van der Waals surface area contributed by atoms with Crippen molar-refractivity contribution < 1.29 is 13.9 Å². The number of thiazole rings is 1. The molecule has 1 N–H and O–H groups in total. The Morgan fingerprint density at radius 2 is 1.89 bits per heavy atom. The van der Waals surface area contributed by atoms with Crippen LogP contribution in [0.15, 0.2) is 72.2 Å². The van der Waals surface area contributed by atoms with Gasteiger partial charge in [-0.05, 0) is 53.6 Å². The van der Waals surface area contributed by atoms with Crippen LogP contribution in [0.25, 0.3) is 10.2 Å². The van der Waals surface area contributed by atoms with Crippen LogP contribution in [0.4, 0.5) is 4.39 Å². The van der Waals surface area contributed by atoms with Crippen LogP contribution >= 0.6 is 11.3 Å². The van der Waals surface area contributed by atoms with Crippen molar-refractivity contribution in [2.24, 2.45) is 0 Å². The van der Waals surface area contributed by atoms with E-state index in [1.54, 1.807) is 17.6 Å². The standard InChI is InChI=1S/C22H17FN2O2S/c23-18-3-1-2-16(10-18)13-27-19-7-4-15(5-8-19)12-24-22(26)17-6-9-20-21(11-17)28-14-25-20/h1-11,14H,12-13H2,(H,24,26). The van der Waals surface area contributed by atoms with Crippen LogP contribution in [0.1, 0.15) is 21.5 Å². The lowest BCUT2D eigenvalue weighted by Gasteiger charge is -2.09. The lowest BCUT2D eigenvalue weighted by atomic mass is 10.2. The van der Waals surface area contributed by atoms with Crippen molar-refractivity contribution in [3.8, 4) is 5.75 Å². The van der Waals surface area contributed by atoms with Gasteiger partial charge in [0.1, 0.15) is 18.2 Å². The Morgan fingerprint density at radius 1 is 1.04 bits per heavy atom. The zero-order valence-electron chi connectivity index (χ0n) is 14.9. The third-order valence-corrected chi connectivity index (χ3v) is 5.06. The van der Waals surface area contributed by atoms with Gasteiger partial charge < -0.3 is 10.1 Å². The van der Waals surface area contributed by atoms with Gasteiger partial charge in [-0.2, -0.15) is 0 Å². The monoisotopic (exact) mass is 392 g/mol. The Kier molecular flexibility index (Phi) is 5.30. The Hall–Kier alpha value is -3.25. The van der Waals surface area contributed by atoms with Crippen LogP contribution in [0, 0.1) is 5.82 Å². The van der Waals surface area contributed by atoms with Gasteiger partial charge in [-0.15, -0.1) is 11.3 Å². The fourth-order valence-electron chi connectivity index (χ4n) is 2.78. The predicted octanol–water partition coefficient (Wildman–Crippen LogP) is 4.94. The summed E-state index contributed by atoms with van der Waals surface area (Å²) in [6.07, 6.45) is 0. The number of ether oxygens (including phenoxy) is 1. The molecule has 0 bridgehead atoms. The first-order valence-corrected chi connectivity index (χ1v) is 9.63. The molecule has 0 aliphatic carbocycles. The number of hydrogen-bond acceptors (Lipinski definition) is 4. The summed E-state index contributed by atoms with van der Waals surface area (Å²) in [6, 6.07) is 19.3. The van der Waals surface area contributed by atoms with Crippen LogP contribution < -0.4 is 10.1 Å². The first-order valence-electron chi connectivity index (χ1n) is 8.75. The second kappa shape index (κ2) is 8.19. The van der Waals surface area contributed by atoms with E-state index in [1.165, 1.54) is 23.5 Å². The number of rotatable bonds is 6. The molecule has 4 rings (SSSR count). The van der Waals surface area contributed by atoms with E-state index < -0.39 is 0 Å². The van der Waals surface area contributed by atoms with Crippen molar-refractivity contribution in [2.75, 3.05) is 0 Å². The van der Waals surface area contributed by atoms with E-state index in [2.05, 4.69) is 10.3 Å². The number of carbonyl (C=O) groups excluding carboxylic acids is 1. The summed E-state index contributed by atoms with van der Waals surface area (Å²) in [7, 11) is 0. The van der Waals surface area contributed by atoms with E-state index in [1.807, 2.05) is 42.5 Å². The summed E-state index contributed by atoms with van der Waals surface area (Å²) in [5, 5.41) is 2.92. The molecular weight excluding hydrogens is 375 g/mol. The summed E-state index contributed by atoms with van der Waals surface area (Å²) in [4.78, 5) is 16.6. The average Bonchev–Trinajstić information content (AvgIpc) is 3.19. The molecule has 0 spiro atoms. The number of aromatic nitrogens is 1. The first kappa shape index (κ1) is 18.1. The van der Waals surface area contributed by atoms with Gasteiger partial charge in [0, 0.05) is 12.1 Å². The van der Waals surface area contributed by atoms with Crippen LogP contribution in [0.5, 0.6) is 5.75 Å². The second-order valence-corrected chi connectivity index (χ2v) is 7.17. The van der Waals surface area contributed by atoms with Gasteiger partial charge in [0.05, 0.1) is 15.7 Å². The summed E-state index contributed by atoms with van der Waals surface area (Å²) in [5.41, 5.74) is 5.02. The van der Waals surface area contributed by atoms with Crippen LogP contribution in [-0.2, 0) is 13.2 Å². The van der Waals surface area contributed by atoms with Gasteiger partial charge >= 0.3 is 0 Å². The lowest BCUT2D eigenvalue weighted by molar-refractivity contribution is 0.0951. The van der Waals surface area contributed by atoms with E-state index in [4.69, 9.17) is 4.74 Å². The highest BCUT2D eigenvalue weighted by Crippen LogP contribution is 2.19. The smallest absolute Gasteiger partial charge is 0.251 e. The molecule has 4 aromatic rings. The Bertz CT molecular complexity index is 1110. The highest BCUT2D eigenvalue weighted by Gasteiger charge is 2.07. The van der Waals surface area contributed by atoms with Crippen molar-refractivity contribution in [1.29, 1.82) is 0 Å². The topological polar surface area (TPSA) is 51.2 Å². The first-order chi connectivity index (χ1) is 13.7. The Morgan fingerprint density at radius 3 is 2.71 bits per heavy atom. The third-order valence-electron chi connectivity index (χ3n) is 4.26. The number of nitrogens with one attached hydrogen (secondary N) is 1. The van der Waals surface area contributed by atoms with Gasteiger partial charge in [-0.1, -0.05) is 24.3 Å². The minimum absolute atomic E-state index is 0.123. The molecule has 0 saturated carbocycles. The van der Waals surface area contributed by atoms with E-state index in [0.29, 0.717) is 24.5 Å². The zero-order chi connectivity index (χ0) is 19.3. The molecule has 3 aromatic carbocycles. The van der Waals surface area contributed by atoms with E-state index in [9.17, 15) is 9.18 Å².